The normalized spacial score (nSPS) is 13.0. The molecule has 0 spiro atoms. The Labute approximate surface area is 203 Å². The van der Waals surface area contributed by atoms with Gasteiger partial charge >= 0.3 is 0 Å². The molecule has 5 nitrogen and oxygen atoms in total. The molecule has 1 aromatic rings. The van der Waals surface area contributed by atoms with Gasteiger partial charge in [-0.15, -0.1) is 0 Å². The minimum Gasteiger partial charge on any atom is -0.412 e. The van der Waals surface area contributed by atoms with Crippen molar-refractivity contribution in [3.63, 3.8) is 0 Å². The van der Waals surface area contributed by atoms with E-state index in [-0.39, 0.29) is 5.91 Å². The quantitative estimate of drug-likeness (QED) is 0.129. The lowest BCUT2D eigenvalue weighted by molar-refractivity contribution is -0.119. The van der Waals surface area contributed by atoms with Crippen LogP contribution in [0.1, 0.15) is 48.0 Å². The molecule has 31 heavy (non-hydrogen) atoms. The molecule has 0 fully saturated rings. The van der Waals surface area contributed by atoms with Gasteiger partial charge in [0.25, 0.3) is 5.91 Å². The highest BCUT2D eigenvalue weighted by atomic mass is 127. The number of ether oxygens (including phenoxy) is 2. The Morgan fingerprint density at radius 1 is 1.03 bits per heavy atom. The summed E-state index contributed by atoms with van der Waals surface area (Å²) in [5.41, 5.74) is 2.97. The van der Waals surface area contributed by atoms with E-state index in [0.717, 1.165) is 9.26 Å². The summed E-state index contributed by atoms with van der Waals surface area (Å²) in [5, 5.41) is 0. The number of halogens is 1. The Kier molecular flexibility index (Phi) is 11.9. The fourth-order valence-corrected chi connectivity index (χ4v) is 10.7. The third-order valence-corrected chi connectivity index (χ3v) is 13.1. The van der Waals surface area contributed by atoms with E-state index < -0.39 is 14.6 Å². The molecule has 0 aliphatic rings. The number of rotatable bonds is 12. The summed E-state index contributed by atoms with van der Waals surface area (Å²) in [6.45, 7) is 14.0. The summed E-state index contributed by atoms with van der Waals surface area (Å²) in [4.78, 5) is 15.1. The second-order valence-electron chi connectivity index (χ2n) is 8.78. The van der Waals surface area contributed by atoms with Crippen LogP contribution in [0, 0.1) is 3.57 Å². The minimum atomic E-state index is -2.02. The van der Waals surface area contributed by atoms with Crippen molar-refractivity contribution in [2.75, 3.05) is 32.8 Å². The number of carbonyl (C=O) groups excluding carboxylic acids is 1. The first-order chi connectivity index (χ1) is 14.5. The van der Waals surface area contributed by atoms with Gasteiger partial charge < -0.3 is 18.8 Å². The SMILES string of the molecule is COC(C/C(=C/CO[Si](C(C)C)(C(C)C)C(C)C)C(=O)N(C)c1ccccc1I)OC. The van der Waals surface area contributed by atoms with Crippen molar-refractivity contribution in [3.05, 3.63) is 39.5 Å². The number of benzene rings is 1. The molecular formula is C24H40INO4Si. The van der Waals surface area contributed by atoms with Gasteiger partial charge in [-0.1, -0.05) is 59.8 Å². The predicted octanol–water partition coefficient (Wildman–Crippen LogP) is 6.38. The van der Waals surface area contributed by atoms with Crippen LogP contribution in [0.4, 0.5) is 5.69 Å². The summed E-state index contributed by atoms with van der Waals surface area (Å²) in [7, 11) is 2.96. The van der Waals surface area contributed by atoms with E-state index in [0.29, 0.717) is 35.2 Å². The highest BCUT2D eigenvalue weighted by Gasteiger charge is 2.44. The second kappa shape index (κ2) is 13.1. The van der Waals surface area contributed by atoms with E-state index >= 15 is 0 Å². The second-order valence-corrected chi connectivity index (χ2v) is 15.4. The molecular weight excluding hydrogens is 521 g/mol. The first-order valence-corrected chi connectivity index (χ1v) is 14.2. The van der Waals surface area contributed by atoms with Gasteiger partial charge in [0.1, 0.15) is 0 Å². The molecule has 0 heterocycles. The van der Waals surface area contributed by atoms with Crippen LogP contribution >= 0.6 is 22.6 Å². The number of hydrogen-bond donors (Lipinski definition) is 0. The van der Waals surface area contributed by atoms with E-state index in [1.54, 1.807) is 26.2 Å². The molecule has 176 valence electrons. The van der Waals surface area contributed by atoms with Crippen molar-refractivity contribution in [2.24, 2.45) is 0 Å². The Balaban J connectivity index is 3.21. The van der Waals surface area contributed by atoms with Crippen LogP contribution < -0.4 is 4.90 Å². The molecule has 1 amide bonds. The van der Waals surface area contributed by atoms with Crippen LogP contribution in [-0.4, -0.2) is 48.4 Å². The van der Waals surface area contributed by atoms with Gasteiger partial charge in [0.05, 0.1) is 12.3 Å². The standard InChI is InChI=1S/C24H40INO4Si/c1-17(2)31(18(3)4,19(5)6)30-15-14-20(16-23(28-8)29-9)24(27)26(7)22-13-11-10-12-21(22)25/h10-14,17-19,23H,15-16H2,1-9H3/b20-14-. The maximum absolute atomic E-state index is 13.4. The first-order valence-electron chi connectivity index (χ1n) is 10.9. The molecule has 1 aromatic carbocycles. The molecule has 0 aliphatic carbocycles. The highest BCUT2D eigenvalue weighted by molar-refractivity contribution is 14.1. The van der Waals surface area contributed by atoms with Crippen molar-refractivity contribution >= 4 is 42.5 Å². The summed E-state index contributed by atoms with van der Waals surface area (Å²) < 4.78 is 18.4. The van der Waals surface area contributed by atoms with E-state index in [9.17, 15) is 4.79 Å². The fraction of sp³-hybridized carbons (Fsp3) is 0.625. The zero-order chi connectivity index (χ0) is 23.8. The number of nitrogens with zero attached hydrogens (tertiary/aromatic N) is 1. The van der Waals surface area contributed by atoms with Crippen LogP contribution in [0.5, 0.6) is 0 Å². The fourth-order valence-electron chi connectivity index (χ4n) is 4.54. The molecule has 0 N–H and O–H groups in total. The average molecular weight is 562 g/mol. The molecule has 0 aliphatic heterocycles. The average Bonchev–Trinajstić information content (AvgIpc) is 2.72. The molecule has 1 rings (SSSR count). The van der Waals surface area contributed by atoms with Gasteiger partial charge in [0.15, 0.2) is 6.29 Å². The first kappa shape index (κ1) is 28.3. The van der Waals surface area contributed by atoms with Gasteiger partial charge in [-0.25, -0.2) is 0 Å². The summed E-state index contributed by atoms with van der Waals surface area (Å²) in [5.74, 6) is -0.0716. The molecule has 0 unspecified atom stereocenters. The van der Waals surface area contributed by atoms with Crippen LogP contribution in [0.3, 0.4) is 0 Å². The number of amides is 1. The predicted molar refractivity (Wildman–Crippen MR) is 140 cm³/mol. The van der Waals surface area contributed by atoms with Gasteiger partial charge in [0.2, 0.25) is 8.32 Å². The zero-order valence-electron chi connectivity index (χ0n) is 20.6. The lowest BCUT2D eigenvalue weighted by atomic mass is 10.1. The van der Waals surface area contributed by atoms with Crippen LogP contribution in [0.25, 0.3) is 0 Å². The van der Waals surface area contributed by atoms with E-state index in [2.05, 4.69) is 64.1 Å². The molecule has 0 aromatic heterocycles. The lowest BCUT2D eigenvalue weighted by Gasteiger charge is -2.42. The maximum atomic E-state index is 13.4. The summed E-state index contributed by atoms with van der Waals surface area (Å²) in [6, 6.07) is 7.85. The number of para-hydroxylation sites is 1. The Bertz CT molecular complexity index is 710. The summed E-state index contributed by atoms with van der Waals surface area (Å²) in [6.07, 6.45) is 1.80. The van der Waals surface area contributed by atoms with Gasteiger partial charge in [-0.05, 0) is 51.3 Å². The molecule has 0 radical (unpaired) electrons. The summed E-state index contributed by atoms with van der Waals surface area (Å²) >= 11 is 2.25. The Morgan fingerprint density at radius 3 is 2.00 bits per heavy atom. The lowest BCUT2D eigenvalue weighted by Crippen LogP contribution is -2.47. The highest BCUT2D eigenvalue weighted by Crippen LogP contribution is 2.42. The topological polar surface area (TPSA) is 48.0 Å². The molecule has 0 saturated heterocycles. The minimum absolute atomic E-state index is 0.0716. The van der Waals surface area contributed by atoms with Gasteiger partial charge in [-0.3, -0.25) is 4.79 Å². The van der Waals surface area contributed by atoms with Crippen molar-refractivity contribution in [1.82, 2.24) is 0 Å². The number of methoxy groups -OCH3 is 2. The van der Waals surface area contributed by atoms with Crippen molar-refractivity contribution in [2.45, 2.75) is 70.9 Å². The third-order valence-electron chi connectivity index (χ3n) is 6.08. The number of likely N-dealkylation sites (N-methyl/N-ethyl adjacent to an activating group) is 1. The molecule has 7 heteroatoms. The van der Waals surface area contributed by atoms with Crippen molar-refractivity contribution in [1.29, 1.82) is 0 Å². The molecule has 0 bridgehead atoms. The van der Waals surface area contributed by atoms with Crippen LogP contribution in [0.2, 0.25) is 16.6 Å². The van der Waals surface area contributed by atoms with Gasteiger partial charge in [0, 0.05) is 36.8 Å². The molecule has 0 atom stereocenters. The van der Waals surface area contributed by atoms with E-state index in [4.69, 9.17) is 13.9 Å². The monoisotopic (exact) mass is 561 g/mol. The van der Waals surface area contributed by atoms with Crippen LogP contribution in [-0.2, 0) is 18.7 Å². The number of hydrogen-bond acceptors (Lipinski definition) is 4. The van der Waals surface area contributed by atoms with E-state index in [1.165, 1.54) is 0 Å². The molecule has 0 saturated carbocycles. The largest absolute Gasteiger partial charge is 0.412 e. The zero-order valence-corrected chi connectivity index (χ0v) is 23.7. The Hall–Kier alpha value is -0.743. The maximum Gasteiger partial charge on any atom is 0.253 e. The Morgan fingerprint density at radius 2 is 1.55 bits per heavy atom. The third kappa shape index (κ3) is 7.12. The number of anilines is 1. The van der Waals surface area contributed by atoms with Crippen molar-refractivity contribution in [3.8, 4) is 0 Å². The van der Waals surface area contributed by atoms with Crippen LogP contribution in [0.15, 0.2) is 35.9 Å². The van der Waals surface area contributed by atoms with Crippen molar-refractivity contribution < 1.29 is 18.7 Å². The van der Waals surface area contributed by atoms with E-state index in [1.807, 2.05) is 30.3 Å². The smallest absolute Gasteiger partial charge is 0.253 e. The number of carbonyl (C=O) groups is 1. The van der Waals surface area contributed by atoms with Gasteiger partial charge in [-0.2, -0.15) is 0 Å².